The predicted octanol–water partition coefficient (Wildman–Crippen LogP) is 0.756. The number of hydrogen-bond donors (Lipinski definition) is 3. The van der Waals surface area contributed by atoms with Crippen LogP contribution in [0.25, 0.3) is 0 Å². The second-order valence-electron chi connectivity index (χ2n) is 5.76. The number of sulfonamides is 1. The normalized spacial score (nSPS) is 17.5. The number of carbonyl (C=O) groups is 1. The van der Waals surface area contributed by atoms with Crippen LogP contribution in [0.15, 0.2) is 40.7 Å². The van der Waals surface area contributed by atoms with Crippen molar-refractivity contribution in [2.75, 3.05) is 19.6 Å². The first kappa shape index (κ1) is 18.0. The molecule has 3 rings (SSSR count). The molecule has 1 unspecified atom stereocenters. The molecule has 0 spiro atoms. The number of hydrogen-bond acceptors (Lipinski definition) is 6. The van der Waals surface area contributed by atoms with Crippen molar-refractivity contribution < 1.29 is 13.2 Å². The summed E-state index contributed by atoms with van der Waals surface area (Å²) in [6, 6.07) is 6.18. The lowest BCUT2D eigenvalue weighted by atomic mass is 10.2. The summed E-state index contributed by atoms with van der Waals surface area (Å²) in [5.41, 5.74) is 0.342. The Labute approximate surface area is 150 Å². The van der Waals surface area contributed by atoms with E-state index in [9.17, 15) is 13.2 Å². The number of benzene rings is 1. The standard InChI is InChI=1S/C16H20N4O3S2/c21-16(20-13-4-6-17-11-13)12-2-1-3-14(10-12)25(22,23)19-7-5-15-18-8-9-24-15/h1-3,8-10,13,17,19H,4-7,11H2,(H,20,21). The maximum atomic E-state index is 12.4. The van der Waals surface area contributed by atoms with Crippen molar-refractivity contribution in [3.8, 4) is 0 Å². The van der Waals surface area contributed by atoms with Crippen molar-refractivity contribution in [2.24, 2.45) is 0 Å². The second kappa shape index (κ2) is 8.05. The van der Waals surface area contributed by atoms with Crippen molar-refractivity contribution in [3.63, 3.8) is 0 Å². The van der Waals surface area contributed by atoms with E-state index in [2.05, 4.69) is 20.3 Å². The third kappa shape index (κ3) is 4.85. The molecular weight excluding hydrogens is 360 g/mol. The number of rotatable bonds is 7. The zero-order valence-electron chi connectivity index (χ0n) is 13.6. The number of thiazole rings is 1. The van der Waals surface area contributed by atoms with Gasteiger partial charge in [-0.05, 0) is 31.2 Å². The summed E-state index contributed by atoms with van der Waals surface area (Å²) < 4.78 is 27.4. The Bertz CT molecular complexity index is 816. The molecule has 1 aliphatic rings. The molecule has 1 amide bonds. The Kier molecular flexibility index (Phi) is 5.79. The van der Waals surface area contributed by atoms with Crippen LogP contribution < -0.4 is 15.4 Å². The van der Waals surface area contributed by atoms with E-state index in [4.69, 9.17) is 0 Å². The third-order valence-corrected chi connectivity index (χ3v) is 6.21. The predicted molar refractivity (Wildman–Crippen MR) is 96.2 cm³/mol. The van der Waals surface area contributed by atoms with Crippen molar-refractivity contribution in [2.45, 2.75) is 23.8 Å². The van der Waals surface area contributed by atoms with E-state index >= 15 is 0 Å². The average Bonchev–Trinajstić information content (AvgIpc) is 3.29. The van der Waals surface area contributed by atoms with Crippen LogP contribution in [0.2, 0.25) is 0 Å². The van der Waals surface area contributed by atoms with E-state index in [1.807, 2.05) is 5.38 Å². The Hall–Kier alpha value is -1.81. The molecule has 134 valence electrons. The molecular formula is C16H20N4O3S2. The summed E-state index contributed by atoms with van der Waals surface area (Å²) >= 11 is 1.49. The van der Waals surface area contributed by atoms with Gasteiger partial charge in [0, 0.05) is 42.7 Å². The van der Waals surface area contributed by atoms with Gasteiger partial charge in [0.25, 0.3) is 5.91 Å². The van der Waals surface area contributed by atoms with Crippen LogP contribution in [0, 0.1) is 0 Å². The summed E-state index contributed by atoms with van der Waals surface area (Å²) in [7, 11) is -3.66. The van der Waals surface area contributed by atoms with Crippen LogP contribution in [0.1, 0.15) is 21.8 Å². The number of carbonyl (C=O) groups excluding carboxylic acids is 1. The number of aromatic nitrogens is 1. The Morgan fingerprint density at radius 1 is 1.40 bits per heavy atom. The zero-order valence-corrected chi connectivity index (χ0v) is 15.2. The maximum Gasteiger partial charge on any atom is 0.251 e. The molecule has 1 fully saturated rings. The molecule has 1 aromatic carbocycles. The fourth-order valence-electron chi connectivity index (χ4n) is 2.60. The van der Waals surface area contributed by atoms with Gasteiger partial charge in [-0.1, -0.05) is 6.07 Å². The van der Waals surface area contributed by atoms with Gasteiger partial charge in [0.15, 0.2) is 0 Å². The highest BCUT2D eigenvalue weighted by atomic mass is 32.2. The van der Waals surface area contributed by atoms with Crippen LogP contribution >= 0.6 is 11.3 Å². The van der Waals surface area contributed by atoms with Gasteiger partial charge >= 0.3 is 0 Å². The summed E-state index contributed by atoms with van der Waals surface area (Å²) in [5, 5.41) is 8.82. The molecule has 2 aromatic rings. The Balaban J connectivity index is 1.63. The molecule has 7 nitrogen and oxygen atoms in total. The molecule has 3 N–H and O–H groups in total. The smallest absolute Gasteiger partial charge is 0.251 e. The molecule has 0 bridgehead atoms. The molecule has 1 aromatic heterocycles. The van der Waals surface area contributed by atoms with Crippen LogP contribution in [-0.2, 0) is 16.4 Å². The summed E-state index contributed by atoms with van der Waals surface area (Å²) in [5.74, 6) is -0.256. The van der Waals surface area contributed by atoms with Crippen molar-refractivity contribution >= 4 is 27.3 Å². The SMILES string of the molecule is O=C(NC1CCNC1)c1cccc(S(=O)(=O)NCCc2nccs2)c1. The highest BCUT2D eigenvalue weighted by Gasteiger charge is 2.19. The van der Waals surface area contributed by atoms with E-state index in [0.717, 1.165) is 24.5 Å². The topological polar surface area (TPSA) is 100 Å². The van der Waals surface area contributed by atoms with E-state index in [1.165, 1.54) is 23.5 Å². The minimum atomic E-state index is -3.66. The minimum Gasteiger partial charge on any atom is -0.348 e. The van der Waals surface area contributed by atoms with Crippen molar-refractivity contribution in [3.05, 3.63) is 46.4 Å². The fourth-order valence-corrected chi connectivity index (χ4v) is 4.30. The van der Waals surface area contributed by atoms with Crippen LogP contribution in [-0.4, -0.2) is 45.0 Å². The van der Waals surface area contributed by atoms with Crippen LogP contribution in [0.4, 0.5) is 0 Å². The summed E-state index contributed by atoms with van der Waals surface area (Å²) in [4.78, 5) is 16.5. The summed E-state index contributed by atoms with van der Waals surface area (Å²) in [6.07, 6.45) is 3.10. The number of nitrogens with one attached hydrogen (secondary N) is 3. The highest BCUT2D eigenvalue weighted by molar-refractivity contribution is 7.89. The van der Waals surface area contributed by atoms with Gasteiger partial charge in [-0.15, -0.1) is 11.3 Å². The average molecular weight is 380 g/mol. The molecule has 1 saturated heterocycles. The number of nitrogens with zero attached hydrogens (tertiary/aromatic N) is 1. The minimum absolute atomic E-state index is 0.0869. The maximum absolute atomic E-state index is 12.4. The molecule has 1 aliphatic heterocycles. The quantitative estimate of drug-likeness (QED) is 0.658. The van der Waals surface area contributed by atoms with Gasteiger partial charge < -0.3 is 10.6 Å². The lowest BCUT2D eigenvalue weighted by molar-refractivity contribution is 0.0940. The van der Waals surface area contributed by atoms with E-state index in [-0.39, 0.29) is 23.4 Å². The van der Waals surface area contributed by atoms with Gasteiger partial charge in [0.1, 0.15) is 0 Å². The van der Waals surface area contributed by atoms with E-state index < -0.39 is 10.0 Å². The molecule has 2 heterocycles. The van der Waals surface area contributed by atoms with Crippen molar-refractivity contribution in [1.82, 2.24) is 20.3 Å². The monoisotopic (exact) mass is 380 g/mol. The van der Waals surface area contributed by atoms with Crippen molar-refractivity contribution in [1.29, 1.82) is 0 Å². The Morgan fingerprint density at radius 3 is 3.00 bits per heavy atom. The van der Waals surface area contributed by atoms with Gasteiger partial charge in [-0.3, -0.25) is 4.79 Å². The van der Waals surface area contributed by atoms with E-state index in [0.29, 0.717) is 12.0 Å². The third-order valence-electron chi connectivity index (χ3n) is 3.92. The van der Waals surface area contributed by atoms with Crippen LogP contribution in [0.3, 0.4) is 0 Å². The molecule has 0 aliphatic carbocycles. The van der Waals surface area contributed by atoms with Crippen LogP contribution in [0.5, 0.6) is 0 Å². The molecule has 1 atom stereocenters. The molecule has 9 heteroatoms. The molecule has 0 radical (unpaired) electrons. The lowest BCUT2D eigenvalue weighted by Gasteiger charge is -2.12. The second-order valence-corrected chi connectivity index (χ2v) is 8.51. The molecule has 25 heavy (non-hydrogen) atoms. The van der Waals surface area contributed by atoms with Gasteiger partial charge in [-0.2, -0.15) is 0 Å². The zero-order chi connectivity index (χ0) is 17.7. The van der Waals surface area contributed by atoms with Gasteiger partial charge in [0.2, 0.25) is 10.0 Å². The first-order chi connectivity index (χ1) is 12.0. The first-order valence-electron chi connectivity index (χ1n) is 8.04. The Morgan fingerprint density at radius 2 is 2.28 bits per heavy atom. The molecule has 0 saturated carbocycles. The highest BCUT2D eigenvalue weighted by Crippen LogP contribution is 2.13. The van der Waals surface area contributed by atoms with Gasteiger partial charge in [-0.25, -0.2) is 18.1 Å². The first-order valence-corrected chi connectivity index (χ1v) is 10.4. The van der Waals surface area contributed by atoms with E-state index in [1.54, 1.807) is 18.3 Å². The fraction of sp³-hybridized carbons (Fsp3) is 0.375. The largest absolute Gasteiger partial charge is 0.348 e. The summed E-state index contributed by atoms with van der Waals surface area (Å²) in [6.45, 7) is 1.88. The van der Waals surface area contributed by atoms with Gasteiger partial charge in [0.05, 0.1) is 9.90 Å². The lowest BCUT2D eigenvalue weighted by Crippen LogP contribution is -2.36. The number of amides is 1.